The molecule has 0 saturated carbocycles. The Morgan fingerprint density at radius 2 is 1.73 bits per heavy atom. The monoisotopic (exact) mass is 452 g/mol. The molecule has 0 aliphatic carbocycles. The normalized spacial score (nSPS) is 11.3. The van der Waals surface area contributed by atoms with Crippen LogP contribution in [0.25, 0.3) is 0 Å². The number of aliphatic carboxylic acids is 1. The number of carboxylic acids is 1. The maximum atomic E-state index is 14.5. The number of carboxylic acid groups (broad SMARTS) is 1. The first-order valence-corrected chi connectivity index (χ1v) is 10.6. The van der Waals surface area contributed by atoms with Crippen LogP contribution in [-0.4, -0.2) is 19.5 Å². The molecule has 1 N–H and O–H groups in total. The topological polar surface area (TPSA) is 80.7 Å². The fraction of sp³-hybridized carbons (Fsp3) is 0.0952. The summed E-state index contributed by atoms with van der Waals surface area (Å²) >= 11 is 5.94. The molecular formula is C21H15ClF2O5S. The summed E-state index contributed by atoms with van der Waals surface area (Å²) in [6.45, 7) is 0. The molecule has 5 nitrogen and oxygen atoms in total. The smallest absolute Gasteiger partial charge is 0.307 e. The van der Waals surface area contributed by atoms with Crippen LogP contribution in [0.2, 0.25) is 5.02 Å². The van der Waals surface area contributed by atoms with Crippen LogP contribution >= 0.6 is 11.6 Å². The molecule has 0 saturated heterocycles. The van der Waals surface area contributed by atoms with Crippen molar-refractivity contribution in [1.82, 2.24) is 0 Å². The van der Waals surface area contributed by atoms with E-state index in [2.05, 4.69) is 0 Å². The van der Waals surface area contributed by atoms with E-state index in [9.17, 15) is 22.0 Å². The highest BCUT2D eigenvalue weighted by Gasteiger charge is 2.20. The Balaban J connectivity index is 1.84. The van der Waals surface area contributed by atoms with Crippen molar-refractivity contribution in [2.75, 3.05) is 0 Å². The summed E-state index contributed by atoms with van der Waals surface area (Å²) in [7, 11) is -4.00. The molecule has 9 heteroatoms. The molecule has 0 amide bonds. The molecule has 0 spiro atoms. The third kappa shape index (κ3) is 5.34. The van der Waals surface area contributed by atoms with Crippen molar-refractivity contribution in [2.24, 2.45) is 0 Å². The van der Waals surface area contributed by atoms with Gasteiger partial charge in [0.1, 0.15) is 11.6 Å². The molecule has 0 unspecified atom stereocenters. The molecule has 0 fully saturated rings. The van der Waals surface area contributed by atoms with Gasteiger partial charge in [-0.3, -0.25) is 4.79 Å². The molecule has 3 rings (SSSR count). The quantitative estimate of drug-likeness (QED) is 0.545. The van der Waals surface area contributed by atoms with Crippen molar-refractivity contribution in [1.29, 1.82) is 0 Å². The first kappa shape index (κ1) is 21.7. The molecule has 0 aliphatic heterocycles. The van der Waals surface area contributed by atoms with E-state index in [1.165, 1.54) is 36.4 Å². The Bertz CT molecular complexity index is 1210. The zero-order valence-electron chi connectivity index (χ0n) is 15.3. The third-order valence-corrected chi connectivity index (χ3v) is 5.96. The lowest BCUT2D eigenvalue weighted by Crippen LogP contribution is -2.07. The number of sulfone groups is 1. The molecule has 3 aromatic carbocycles. The van der Waals surface area contributed by atoms with E-state index in [1.807, 2.05) is 0 Å². The summed E-state index contributed by atoms with van der Waals surface area (Å²) in [5.41, 5.74) is 0.331. The molecular weight excluding hydrogens is 438 g/mol. The molecule has 0 radical (unpaired) electrons. The number of halogens is 3. The van der Waals surface area contributed by atoms with Crippen LogP contribution in [-0.2, 0) is 26.8 Å². The molecule has 30 heavy (non-hydrogen) atoms. The molecule has 3 aromatic rings. The predicted molar refractivity (Wildman–Crippen MR) is 107 cm³/mol. The zero-order chi connectivity index (χ0) is 21.9. The molecule has 0 bridgehead atoms. The van der Waals surface area contributed by atoms with Gasteiger partial charge in [0.2, 0.25) is 0 Å². The number of hydrogen-bond acceptors (Lipinski definition) is 4. The highest BCUT2D eigenvalue weighted by Crippen LogP contribution is 2.30. The molecule has 0 aliphatic rings. The maximum Gasteiger partial charge on any atom is 0.307 e. The van der Waals surface area contributed by atoms with Gasteiger partial charge in [-0.05, 0) is 48.0 Å². The lowest BCUT2D eigenvalue weighted by atomic mass is 10.1. The van der Waals surface area contributed by atoms with E-state index in [0.717, 1.165) is 24.3 Å². The van der Waals surface area contributed by atoms with Gasteiger partial charge in [-0.25, -0.2) is 17.2 Å². The first-order chi connectivity index (χ1) is 14.1. The average Bonchev–Trinajstić information content (AvgIpc) is 2.64. The summed E-state index contributed by atoms with van der Waals surface area (Å²) in [6, 6.07) is 12.7. The number of ether oxygens (including phenoxy) is 1. The largest absolute Gasteiger partial charge is 0.481 e. The second-order valence-corrected chi connectivity index (χ2v) is 8.84. The van der Waals surface area contributed by atoms with Crippen LogP contribution in [0.4, 0.5) is 8.78 Å². The standard InChI is InChI=1S/C21H15ClF2O5S/c22-15-7-13(9-21(25)26)8-16(10-15)29-20-6-5-17(11-19(20)24)30(27,28)12-14-3-1-2-4-18(14)23/h1-8,10-11H,9,12H2,(H,25,26). The van der Waals surface area contributed by atoms with Gasteiger partial charge in [0.25, 0.3) is 0 Å². The minimum atomic E-state index is -4.00. The lowest BCUT2D eigenvalue weighted by molar-refractivity contribution is -0.136. The van der Waals surface area contributed by atoms with Gasteiger partial charge in [-0.2, -0.15) is 0 Å². The molecule has 0 atom stereocenters. The third-order valence-electron chi connectivity index (χ3n) is 4.08. The Kier molecular flexibility index (Phi) is 6.38. The molecule has 0 aromatic heterocycles. The van der Waals surface area contributed by atoms with Crippen molar-refractivity contribution in [3.05, 3.63) is 88.4 Å². The van der Waals surface area contributed by atoms with E-state index in [0.29, 0.717) is 5.56 Å². The Hall–Kier alpha value is -2.97. The van der Waals surface area contributed by atoms with Crippen LogP contribution in [0.3, 0.4) is 0 Å². The Labute approximate surface area is 176 Å². The number of carbonyl (C=O) groups is 1. The van der Waals surface area contributed by atoms with E-state index in [4.69, 9.17) is 21.4 Å². The minimum Gasteiger partial charge on any atom is -0.481 e. The average molecular weight is 453 g/mol. The fourth-order valence-electron chi connectivity index (χ4n) is 2.74. The maximum absolute atomic E-state index is 14.5. The van der Waals surface area contributed by atoms with Crippen molar-refractivity contribution >= 4 is 27.4 Å². The van der Waals surface area contributed by atoms with E-state index >= 15 is 0 Å². The fourth-order valence-corrected chi connectivity index (χ4v) is 4.36. The number of rotatable bonds is 7. The minimum absolute atomic E-state index is 0.0249. The van der Waals surface area contributed by atoms with Crippen LogP contribution in [0, 0.1) is 11.6 Å². The van der Waals surface area contributed by atoms with Gasteiger partial charge in [-0.1, -0.05) is 29.8 Å². The van der Waals surface area contributed by atoms with Crippen LogP contribution in [0.15, 0.2) is 65.6 Å². The number of benzene rings is 3. The van der Waals surface area contributed by atoms with Crippen LogP contribution in [0.1, 0.15) is 11.1 Å². The van der Waals surface area contributed by atoms with Gasteiger partial charge in [0, 0.05) is 10.6 Å². The van der Waals surface area contributed by atoms with Gasteiger partial charge < -0.3 is 9.84 Å². The van der Waals surface area contributed by atoms with E-state index in [1.54, 1.807) is 0 Å². The predicted octanol–water partition coefficient (Wildman–Crippen LogP) is 5.01. The van der Waals surface area contributed by atoms with Gasteiger partial charge in [-0.15, -0.1) is 0 Å². The van der Waals surface area contributed by atoms with Crippen molar-refractivity contribution in [2.45, 2.75) is 17.1 Å². The molecule has 0 heterocycles. The SMILES string of the molecule is O=C(O)Cc1cc(Cl)cc(Oc2ccc(S(=O)(=O)Cc3ccccc3F)cc2F)c1. The van der Waals surface area contributed by atoms with Crippen LogP contribution in [0.5, 0.6) is 11.5 Å². The molecule has 156 valence electrons. The first-order valence-electron chi connectivity index (χ1n) is 8.59. The van der Waals surface area contributed by atoms with Gasteiger partial charge >= 0.3 is 5.97 Å². The number of hydrogen-bond donors (Lipinski definition) is 1. The highest BCUT2D eigenvalue weighted by atomic mass is 35.5. The van der Waals surface area contributed by atoms with Gasteiger partial charge in [0.05, 0.1) is 17.1 Å². The summed E-state index contributed by atoms with van der Waals surface area (Å²) in [5, 5.41) is 9.09. The van der Waals surface area contributed by atoms with E-state index in [-0.39, 0.29) is 33.4 Å². The van der Waals surface area contributed by atoms with Crippen LogP contribution < -0.4 is 4.74 Å². The zero-order valence-corrected chi connectivity index (χ0v) is 16.9. The summed E-state index contributed by atoms with van der Waals surface area (Å²) < 4.78 is 58.7. The summed E-state index contributed by atoms with van der Waals surface area (Å²) in [5.74, 6) is -3.49. The Morgan fingerprint density at radius 3 is 2.40 bits per heavy atom. The highest BCUT2D eigenvalue weighted by molar-refractivity contribution is 7.90. The lowest BCUT2D eigenvalue weighted by Gasteiger charge is -2.11. The summed E-state index contributed by atoms with van der Waals surface area (Å²) in [4.78, 5) is 10.5. The second kappa shape index (κ2) is 8.81. The Morgan fingerprint density at radius 1 is 1.00 bits per heavy atom. The van der Waals surface area contributed by atoms with Crippen molar-refractivity contribution in [3.63, 3.8) is 0 Å². The summed E-state index contributed by atoms with van der Waals surface area (Å²) in [6.07, 6.45) is -0.299. The van der Waals surface area contributed by atoms with Crippen molar-refractivity contribution < 1.29 is 31.8 Å². The van der Waals surface area contributed by atoms with Gasteiger partial charge in [0.15, 0.2) is 21.4 Å². The second-order valence-electron chi connectivity index (χ2n) is 6.41. The van der Waals surface area contributed by atoms with Crippen molar-refractivity contribution in [3.8, 4) is 11.5 Å². The van der Waals surface area contributed by atoms with E-state index < -0.39 is 33.2 Å².